The number of nitrogens with zero attached hydrogens (tertiary/aromatic N) is 5. The van der Waals surface area contributed by atoms with Crippen LogP contribution in [-0.4, -0.2) is 54.1 Å². The van der Waals surface area contributed by atoms with Crippen molar-refractivity contribution < 1.29 is 109 Å². The molecule has 0 unspecified atom stereocenters. The summed E-state index contributed by atoms with van der Waals surface area (Å²) in [6.07, 6.45) is 0. The molecule has 0 saturated heterocycles. The average Bonchev–Trinajstić information content (AvgIpc) is 0.829. The van der Waals surface area contributed by atoms with E-state index in [1.54, 1.807) is 18.2 Å². The average molecular weight is 1510 g/mol. The van der Waals surface area contributed by atoms with Crippen molar-refractivity contribution >= 4 is 67.8 Å². The van der Waals surface area contributed by atoms with Gasteiger partial charge >= 0.3 is 0 Å². The van der Waals surface area contributed by atoms with Crippen LogP contribution in [0.4, 0.5) is 28.4 Å². The maximum atomic E-state index is 10.6. The molecular formula is C82H75Co5N5O5. The summed E-state index contributed by atoms with van der Waals surface area (Å²) in [6, 6.07) is 94.6. The molecule has 0 amide bonds. The van der Waals surface area contributed by atoms with Gasteiger partial charge in [0.15, 0.2) is 0 Å². The van der Waals surface area contributed by atoms with Crippen molar-refractivity contribution in [3.63, 3.8) is 0 Å². The largest absolute Gasteiger partial charge is 0.507 e. The zero-order chi connectivity index (χ0) is 65.2. The minimum absolute atomic E-state index is 0. The zero-order valence-corrected chi connectivity index (χ0v) is 59.6. The van der Waals surface area contributed by atoms with Crippen LogP contribution in [0.25, 0.3) is 21.9 Å². The van der Waals surface area contributed by atoms with E-state index < -0.39 is 0 Å². The summed E-state index contributed by atoms with van der Waals surface area (Å²) in [6.45, 7) is 13.3. The van der Waals surface area contributed by atoms with Gasteiger partial charge in [-0.2, -0.15) is 0 Å². The molecule has 10 nitrogen and oxygen atoms in total. The molecule has 0 spiro atoms. The quantitative estimate of drug-likeness (QED) is 0.0813. The molecule has 0 aliphatic heterocycles. The molecule has 5 radical (unpaired) electrons. The van der Waals surface area contributed by atoms with E-state index in [2.05, 4.69) is 25.0 Å². The predicted molar refractivity (Wildman–Crippen MR) is 385 cm³/mol. The van der Waals surface area contributed by atoms with Gasteiger partial charge in [-0.1, -0.05) is 200 Å². The topological polar surface area (TPSA) is 163 Å². The molecule has 5 N–H and O–H groups in total. The maximum absolute atomic E-state index is 10.6. The monoisotopic (exact) mass is 1500 g/mol. The van der Waals surface area contributed by atoms with Crippen molar-refractivity contribution in [2.24, 2.45) is 25.0 Å². The van der Waals surface area contributed by atoms with Gasteiger partial charge in [0.05, 0.1) is 28.4 Å². The summed E-state index contributed by atoms with van der Waals surface area (Å²) in [5.74, 6) is 1.42. The van der Waals surface area contributed by atoms with E-state index in [0.717, 1.165) is 118 Å². The minimum Gasteiger partial charge on any atom is -0.507 e. The SMILES string of the molecule is CC(=Nc1ccccc1)c1c(O)ccc2ccccc12.CC(=Nc1ccccc1)c1cccc(-c2ccccc2)c1O.CC(=Nc1ccccc1)c1cccc(C)c1O.CC(=Nc1ccccc1)c1cccc(C)c1O.CC(=Nc1ccccc1)c1ccccc1O.[Co].[Co].[Co].[Co].[Co]. The van der Waals surface area contributed by atoms with Gasteiger partial charge in [0.2, 0.25) is 0 Å². The Labute approximate surface area is 621 Å². The summed E-state index contributed by atoms with van der Waals surface area (Å²) in [4.78, 5) is 22.6. The van der Waals surface area contributed by atoms with Crippen molar-refractivity contribution in [2.45, 2.75) is 48.5 Å². The Balaban J connectivity index is 0.000000313. The standard InChI is InChI=1S/C20H17NO.C18H15NO.2C15H15NO.C14H13NO.5Co/c1-15(21-17-11-6-3-7-12-17)18-13-8-14-19(20(18)22)16-9-4-2-5-10-16;1-13(19-15-8-3-2-4-9-15)18-16-10-6-5-7-14(16)11-12-17(18)20;2*1-11-7-6-10-14(15(11)17)12(2)16-13-8-4-3-5-9-13;1-11(13-9-5-6-10-14(13)16)15-12-7-3-2-4-8-12;;;;;/h2-14,22H,1H3;2-12,20H,1H3;2*3-10,17H,1-2H3;2-10,16H,1H3;;;;;. The minimum atomic E-state index is 0. The number of rotatable bonds is 11. The van der Waals surface area contributed by atoms with E-state index in [1.807, 2.05) is 328 Å². The number of aromatic hydroxyl groups is 5. The molecule has 12 aromatic rings. The van der Waals surface area contributed by atoms with Gasteiger partial charge in [-0.05, 0) is 173 Å². The Morgan fingerprint density at radius 2 is 0.546 bits per heavy atom. The van der Waals surface area contributed by atoms with Crippen LogP contribution in [0.1, 0.15) is 73.6 Å². The number of fused-ring (bicyclic) bond motifs is 1. The third-order valence-electron chi connectivity index (χ3n) is 14.6. The molecule has 0 aliphatic carbocycles. The van der Waals surface area contributed by atoms with E-state index >= 15 is 0 Å². The van der Waals surface area contributed by atoms with Crippen molar-refractivity contribution in [1.29, 1.82) is 0 Å². The Morgan fingerprint density at radius 1 is 0.247 bits per heavy atom. The molecule has 0 aliphatic rings. The molecule has 97 heavy (non-hydrogen) atoms. The zero-order valence-electron chi connectivity index (χ0n) is 54.4. The second-order valence-electron chi connectivity index (χ2n) is 21.4. The first-order valence-corrected chi connectivity index (χ1v) is 30.1. The number of hydrogen-bond acceptors (Lipinski definition) is 10. The van der Waals surface area contributed by atoms with Crippen LogP contribution in [0.3, 0.4) is 0 Å². The number of hydrogen-bond donors (Lipinski definition) is 5. The third kappa shape index (κ3) is 24.4. The summed E-state index contributed by atoms with van der Waals surface area (Å²) >= 11 is 0. The van der Waals surface area contributed by atoms with E-state index in [0.29, 0.717) is 11.5 Å². The van der Waals surface area contributed by atoms with Gasteiger partial charge in [0, 0.05) is 146 Å². The van der Waals surface area contributed by atoms with Crippen molar-refractivity contribution in [1.82, 2.24) is 0 Å². The van der Waals surface area contributed by atoms with E-state index in [-0.39, 0.29) is 101 Å². The predicted octanol–water partition coefficient (Wildman–Crippen LogP) is 21.1. The first-order valence-electron chi connectivity index (χ1n) is 30.1. The number of phenols is 5. The smallest absolute Gasteiger partial charge is 0.132 e. The molecule has 12 rings (SSSR count). The Bertz CT molecular complexity index is 4420. The summed E-state index contributed by atoms with van der Waals surface area (Å²) in [7, 11) is 0. The van der Waals surface area contributed by atoms with Crippen molar-refractivity contribution in [3.05, 3.63) is 336 Å². The number of aliphatic imine (C=N–C) groups is 5. The van der Waals surface area contributed by atoms with E-state index in [9.17, 15) is 25.5 Å². The second-order valence-corrected chi connectivity index (χ2v) is 21.4. The first-order chi connectivity index (χ1) is 44.6. The molecule has 0 fully saturated rings. The number of phenolic OH excluding ortho intramolecular Hbond substituents is 5. The summed E-state index contributed by atoms with van der Waals surface area (Å²) < 4.78 is 0. The van der Waals surface area contributed by atoms with Crippen LogP contribution in [0, 0.1) is 13.8 Å². The fraction of sp³-hybridized carbons (Fsp3) is 0.0854. The molecule has 503 valence electrons. The molecule has 12 aromatic carbocycles. The molecule has 0 bridgehead atoms. The Morgan fingerprint density at radius 3 is 0.938 bits per heavy atom. The molecule has 0 atom stereocenters. The van der Waals surface area contributed by atoms with Gasteiger partial charge in [-0.25, -0.2) is 0 Å². The van der Waals surface area contributed by atoms with Crippen LogP contribution in [0.5, 0.6) is 28.7 Å². The van der Waals surface area contributed by atoms with Crippen LogP contribution >= 0.6 is 0 Å². The van der Waals surface area contributed by atoms with Gasteiger partial charge in [0.1, 0.15) is 28.7 Å². The molecule has 0 saturated carbocycles. The van der Waals surface area contributed by atoms with E-state index in [4.69, 9.17) is 0 Å². The molecule has 15 heteroatoms. The summed E-state index contributed by atoms with van der Waals surface area (Å²) in [5.41, 5.74) is 15.9. The fourth-order valence-corrected chi connectivity index (χ4v) is 9.79. The van der Waals surface area contributed by atoms with Crippen molar-refractivity contribution in [3.8, 4) is 39.9 Å². The molecule has 0 heterocycles. The van der Waals surface area contributed by atoms with Gasteiger partial charge in [0.25, 0.3) is 0 Å². The number of benzene rings is 12. The molecule has 0 aromatic heterocycles. The van der Waals surface area contributed by atoms with Crippen LogP contribution < -0.4 is 0 Å². The summed E-state index contributed by atoms with van der Waals surface area (Å²) in [5, 5.41) is 52.5. The van der Waals surface area contributed by atoms with Crippen molar-refractivity contribution in [2.75, 3.05) is 0 Å². The Kier molecular flexibility index (Phi) is 35.8. The fourth-order valence-electron chi connectivity index (χ4n) is 9.79. The number of para-hydroxylation sites is 9. The van der Waals surface area contributed by atoms with Gasteiger partial charge in [-0.15, -0.1) is 0 Å². The van der Waals surface area contributed by atoms with E-state index in [1.165, 1.54) is 0 Å². The third-order valence-corrected chi connectivity index (χ3v) is 14.6. The van der Waals surface area contributed by atoms with Gasteiger partial charge < -0.3 is 25.5 Å². The molecular weight excluding hydrogens is 1430 g/mol. The normalized spacial score (nSPS) is 10.9. The Hall–Kier alpha value is -9.22. The second kappa shape index (κ2) is 42.4. The van der Waals surface area contributed by atoms with Gasteiger partial charge in [-0.3, -0.25) is 25.0 Å². The van der Waals surface area contributed by atoms with Crippen LogP contribution in [-0.2, 0) is 83.9 Å². The first kappa shape index (κ1) is 82.0. The maximum Gasteiger partial charge on any atom is 0.132 e. The van der Waals surface area contributed by atoms with Crippen LogP contribution in [0.2, 0.25) is 0 Å². The number of aryl methyl sites for hydroxylation is 2. The van der Waals surface area contributed by atoms with Crippen LogP contribution in [0.15, 0.2) is 322 Å².